The number of benzene rings is 1. The Morgan fingerprint density at radius 1 is 1.12 bits per heavy atom. The summed E-state index contributed by atoms with van der Waals surface area (Å²) in [6, 6.07) is 7.43. The fraction of sp³-hybridized carbons (Fsp3) is 0.500. The van der Waals surface area contributed by atoms with Gasteiger partial charge in [-0.2, -0.15) is 0 Å². The van der Waals surface area contributed by atoms with Gasteiger partial charge in [-0.3, -0.25) is 4.72 Å². The highest BCUT2D eigenvalue weighted by atomic mass is 32.2. The van der Waals surface area contributed by atoms with Crippen LogP contribution >= 0.6 is 0 Å². The Hall–Kier alpha value is -1.07. The van der Waals surface area contributed by atoms with Crippen LogP contribution in [-0.4, -0.2) is 20.7 Å². The van der Waals surface area contributed by atoms with Crippen LogP contribution in [0.4, 0.5) is 5.69 Å². The standard InChI is InChI=1S/C12H20N2O2S/c1-3-9-17(15,16)14-12-7-5-11(6-8-12)10-13-4-2/h5-8,13-14H,3-4,9-10H2,1-2H3. The van der Waals surface area contributed by atoms with Crippen molar-refractivity contribution in [3.8, 4) is 0 Å². The van der Waals surface area contributed by atoms with Crippen molar-refractivity contribution in [1.29, 1.82) is 0 Å². The van der Waals surface area contributed by atoms with E-state index < -0.39 is 10.0 Å². The molecule has 0 aliphatic rings. The van der Waals surface area contributed by atoms with E-state index in [4.69, 9.17) is 0 Å². The van der Waals surface area contributed by atoms with Crippen LogP contribution in [0.25, 0.3) is 0 Å². The van der Waals surface area contributed by atoms with Crippen LogP contribution in [0.5, 0.6) is 0 Å². The molecule has 96 valence electrons. The molecular weight excluding hydrogens is 236 g/mol. The van der Waals surface area contributed by atoms with Crippen molar-refractivity contribution in [3.63, 3.8) is 0 Å². The molecule has 0 bridgehead atoms. The Morgan fingerprint density at radius 3 is 2.29 bits per heavy atom. The van der Waals surface area contributed by atoms with Crippen molar-refractivity contribution in [2.75, 3.05) is 17.0 Å². The molecule has 0 amide bonds. The van der Waals surface area contributed by atoms with Gasteiger partial charge >= 0.3 is 0 Å². The maximum atomic E-state index is 11.5. The third kappa shape index (κ3) is 5.19. The molecule has 1 rings (SSSR count). The van der Waals surface area contributed by atoms with E-state index in [-0.39, 0.29) is 5.75 Å². The molecule has 0 aliphatic carbocycles. The molecule has 0 saturated heterocycles. The van der Waals surface area contributed by atoms with Crippen LogP contribution in [0.3, 0.4) is 0 Å². The molecule has 0 aliphatic heterocycles. The van der Waals surface area contributed by atoms with Gasteiger partial charge in [0, 0.05) is 12.2 Å². The summed E-state index contributed by atoms with van der Waals surface area (Å²) < 4.78 is 25.6. The molecule has 0 spiro atoms. The maximum absolute atomic E-state index is 11.5. The highest BCUT2D eigenvalue weighted by molar-refractivity contribution is 7.92. The van der Waals surface area contributed by atoms with Crippen molar-refractivity contribution in [1.82, 2.24) is 5.32 Å². The molecule has 0 aromatic heterocycles. The second-order valence-electron chi connectivity index (χ2n) is 3.90. The lowest BCUT2D eigenvalue weighted by atomic mass is 10.2. The first-order valence-electron chi connectivity index (χ1n) is 5.87. The first-order valence-corrected chi connectivity index (χ1v) is 7.52. The monoisotopic (exact) mass is 256 g/mol. The average molecular weight is 256 g/mol. The van der Waals surface area contributed by atoms with E-state index in [2.05, 4.69) is 10.0 Å². The van der Waals surface area contributed by atoms with Crippen molar-refractivity contribution >= 4 is 15.7 Å². The Balaban J connectivity index is 2.62. The highest BCUT2D eigenvalue weighted by Crippen LogP contribution is 2.11. The van der Waals surface area contributed by atoms with Gasteiger partial charge in [0.05, 0.1) is 5.75 Å². The van der Waals surface area contributed by atoms with E-state index in [1.165, 1.54) is 0 Å². The lowest BCUT2D eigenvalue weighted by Gasteiger charge is -2.08. The first-order chi connectivity index (χ1) is 8.07. The fourth-order valence-corrected chi connectivity index (χ4v) is 2.59. The molecule has 1 aromatic rings. The van der Waals surface area contributed by atoms with Gasteiger partial charge in [-0.1, -0.05) is 26.0 Å². The van der Waals surface area contributed by atoms with E-state index in [9.17, 15) is 8.42 Å². The minimum Gasteiger partial charge on any atom is -0.313 e. The van der Waals surface area contributed by atoms with E-state index >= 15 is 0 Å². The second-order valence-corrected chi connectivity index (χ2v) is 5.74. The largest absolute Gasteiger partial charge is 0.313 e. The van der Waals surface area contributed by atoms with Crippen LogP contribution in [0, 0.1) is 0 Å². The molecule has 0 saturated carbocycles. The predicted octanol–water partition coefficient (Wildman–Crippen LogP) is 1.95. The minimum absolute atomic E-state index is 0.159. The quantitative estimate of drug-likeness (QED) is 0.784. The molecule has 2 N–H and O–H groups in total. The van der Waals surface area contributed by atoms with Gasteiger partial charge in [0.25, 0.3) is 0 Å². The molecule has 0 heterocycles. The summed E-state index contributed by atoms with van der Waals surface area (Å²) >= 11 is 0. The summed E-state index contributed by atoms with van der Waals surface area (Å²) in [5.74, 6) is 0.159. The maximum Gasteiger partial charge on any atom is 0.232 e. The first kappa shape index (κ1) is 14.0. The number of hydrogen-bond acceptors (Lipinski definition) is 3. The molecule has 5 heteroatoms. The van der Waals surface area contributed by atoms with Crippen molar-refractivity contribution in [3.05, 3.63) is 29.8 Å². The molecule has 17 heavy (non-hydrogen) atoms. The summed E-state index contributed by atoms with van der Waals surface area (Å²) in [4.78, 5) is 0. The number of rotatable bonds is 7. The Bertz CT molecular complexity index is 426. The van der Waals surface area contributed by atoms with Gasteiger partial charge in [-0.25, -0.2) is 8.42 Å². The van der Waals surface area contributed by atoms with E-state index in [0.29, 0.717) is 12.1 Å². The fourth-order valence-electron chi connectivity index (χ4n) is 1.46. The number of hydrogen-bond donors (Lipinski definition) is 2. The van der Waals surface area contributed by atoms with Gasteiger partial charge in [0.15, 0.2) is 0 Å². The average Bonchev–Trinajstić information content (AvgIpc) is 2.27. The number of anilines is 1. The van der Waals surface area contributed by atoms with Crippen LogP contribution in [-0.2, 0) is 16.6 Å². The van der Waals surface area contributed by atoms with Gasteiger partial charge in [-0.05, 0) is 30.7 Å². The Morgan fingerprint density at radius 2 is 1.76 bits per heavy atom. The van der Waals surface area contributed by atoms with Crippen molar-refractivity contribution in [2.24, 2.45) is 0 Å². The number of sulfonamides is 1. The van der Waals surface area contributed by atoms with Crippen molar-refractivity contribution in [2.45, 2.75) is 26.8 Å². The van der Waals surface area contributed by atoms with Gasteiger partial charge < -0.3 is 5.32 Å². The zero-order valence-corrected chi connectivity index (χ0v) is 11.2. The van der Waals surface area contributed by atoms with Gasteiger partial charge in [-0.15, -0.1) is 0 Å². The molecule has 0 unspecified atom stereocenters. The highest BCUT2D eigenvalue weighted by Gasteiger charge is 2.07. The van der Waals surface area contributed by atoms with E-state index in [0.717, 1.165) is 18.7 Å². The van der Waals surface area contributed by atoms with E-state index in [1.807, 2.05) is 26.0 Å². The topological polar surface area (TPSA) is 58.2 Å². The molecule has 0 atom stereocenters. The molecular formula is C12H20N2O2S. The van der Waals surface area contributed by atoms with Crippen LogP contribution in [0.1, 0.15) is 25.8 Å². The summed E-state index contributed by atoms with van der Waals surface area (Å²) in [6.45, 7) is 5.62. The van der Waals surface area contributed by atoms with Gasteiger partial charge in [0.1, 0.15) is 0 Å². The van der Waals surface area contributed by atoms with Crippen LogP contribution < -0.4 is 10.0 Å². The van der Waals surface area contributed by atoms with Crippen LogP contribution in [0.15, 0.2) is 24.3 Å². The Labute approximate surface area is 103 Å². The smallest absolute Gasteiger partial charge is 0.232 e. The third-order valence-electron chi connectivity index (χ3n) is 2.28. The molecule has 0 fully saturated rings. The molecule has 1 aromatic carbocycles. The lowest BCUT2D eigenvalue weighted by Crippen LogP contribution is -2.16. The predicted molar refractivity (Wildman–Crippen MR) is 71.5 cm³/mol. The molecule has 4 nitrogen and oxygen atoms in total. The summed E-state index contributed by atoms with van der Waals surface area (Å²) in [5, 5.41) is 3.21. The summed E-state index contributed by atoms with van der Waals surface area (Å²) in [5.41, 5.74) is 1.77. The summed E-state index contributed by atoms with van der Waals surface area (Å²) in [7, 11) is -3.18. The van der Waals surface area contributed by atoms with E-state index in [1.54, 1.807) is 12.1 Å². The summed E-state index contributed by atoms with van der Waals surface area (Å²) in [6.07, 6.45) is 0.619. The van der Waals surface area contributed by atoms with Gasteiger partial charge in [0.2, 0.25) is 10.0 Å². The second kappa shape index (κ2) is 6.61. The van der Waals surface area contributed by atoms with Crippen LogP contribution in [0.2, 0.25) is 0 Å². The number of nitrogens with one attached hydrogen (secondary N) is 2. The van der Waals surface area contributed by atoms with Crippen molar-refractivity contribution < 1.29 is 8.42 Å². The third-order valence-corrected chi connectivity index (χ3v) is 3.77. The lowest BCUT2D eigenvalue weighted by molar-refractivity contribution is 0.600. The zero-order valence-electron chi connectivity index (χ0n) is 10.4. The molecule has 0 radical (unpaired) electrons. The normalized spacial score (nSPS) is 11.4. The Kier molecular flexibility index (Phi) is 5.44. The minimum atomic E-state index is -3.18. The zero-order chi connectivity index (χ0) is 12.7. The SMILES string of the molecule is CCCS(=O)(=O)Nc1ccc(CNCC)cc1.